The van der Waals surface area contributed by atoms with Gasteiger partial charge in [-0.2, -0.15) is 0 Å². The number of rotatable bonds is 4. The van der Waals surface area contributed by atoms with Crippen molar-refractivity contribution in [3.8, 4) is 5.75 Å². The van der Waals surface area contributed by atoms with E-state index in [1.165, 1.54) is 0 Å². The van der Waals surface area contributed by atoms with E-state index in [4.69, 9.17) is 16.3 Å². The fourth-order valence-corrected chi connectivity index (χ4v) is 1.84. The van der Waals surface area contributed by atoms with Crippen LogP contribution in [0.1, 0.15) is 13.3 Å². The van der Waals surface area contributed by atoms with Crippen molar-refractivity contribution < 1.29 is 14.3 Å². The van der Waals surface area contributed by atoms with Gasteiger partial charge in [-0.3, -0.25) is 20.4 Å². The molecule has 1 aromatic rings. The van der Waals surface area contributed by atoms with Gasteiger partial charge in [0.05, 0.1) is 5.02 Å². The lowest BCUT2D eigenvalue weighted by molar-refractivity contribution is -0.130. The quantitative estimate of drug-likeness (QED) is 0.823. The largest absolute Gasteiger partial charge is 0.482 e. The second kappa shape index (κ2) is 5.93. The van der Waals surface area contributed by atoms with Crippen LogP contribution in [0.15, 0.2) is 24.3 Å². The summed E-state index contributed by atoms with van der Waals surface area (Å²) >= 11 is 5.87. The summed E-state index contributed by atoms with van der Waals surface area (Å²) in [5.74, 6) is 0.266. The van der Waals surface area contributed by atoms with Crippen LogP contribution in [-0.4, -0.2) is 18.4 Å². The normalized spacial score (nSPS) is 20.5. The van der Waals surface area contributed by atoms with E-state index in [2.05, 4.69) is 10.9 Å². The van der Waals surface area contributed by atoms with Gasteiger partial charge in [0.25, 0.3) is 5.91 Å². The second-order valence-corrected chi connectivity index (χ2v) is 4.98. The molecule has 0 aliphatic heterocycles. The minimum Gasteiger partial charge on any atom is -0.482 e. The summed E-state index contributed by atoms with van der Waals surface area (Å²) in [6.45, 7) is 1.79. The molecule has 5 nitrogen and oxygen atoms in total. The molecule has 2 atom stereocenters. The third-order valence-electron chi connectivity index (χ3n) is 2.97. The maximum Gasteiger partial charge on any atom is 0.276 e. The summed E-state index contributed by atoms with van der Waals surface area (Å²) in [6, 6.07) is 6.87. The Bertz CT molecular complexity index is 493. The van der Waals surface area contributed by atoms with Crippen molar-refractivity contribution in [3.63, 3.8) is 0 Å². The third kappa shape index (κ3) is 3.86. The summed E-state index contributed by atoms with van der Waals surface area (Å²) in [7, 11) is 0. The highest BCUT2D eigenvalue weighted by molar-refractivity contribution is 6.32. The lowest BCUT2D eigenvalue weighted by atomic mass is 10.3. The number of benzene rings is 1. The zero-order valence-electron chi connectivity index (χ0n) is 10.5. The van der Waals surface area contributed by atoms with Crippen LogP contribution in [0, 0.1) is 11.8 Å². The highest BCUT2D eigenvalue weighted by Crippen LogP contribution is 2.37. The topological polar surface area (TPSA) is 67.4 Å². The van der Waals surface area contributed by atoms with Gasteiger partial charge in [0.2, 0.25) is 5.91 Å². The van der Waals surface area contributed by atoms with Crippen LogP contribution in [0.25, 0.3) is 0 Å². The molecule has 0 spiro atoms. The van der Waals surface area contributed by atoms with Crippen LogP contribution < -0.4 is 15.6 Å². The SMILES string of the molecule is C[C@H]1C[C@@H]1C(=O)NNC(=O)COc1ccccc1Cl. The number of carbonyl (C=O) groups is 2. The molecule has 6 heteroatoms. The summed E-state index contributed by atoms with van der Waals surface area (Å²) < 4.78 is 5.23. The average molecular weight is 283 g/mol. The average Bonchev–Trinajstić information content (AvgIpc) is 3.12. The van der Waals surface area contributed by atoms with Gasteiger partial charge in [0.1, 0.15) is 5.75 Å². The third-order valence-corrected chi connectivity index (χ3v) is 3.28. The Morgan fingerprint density at radius 2 is 2.05 bits per heavy atom. The van der Waals surface area contributed by atoms with E-state index >= 15 is 0 Å². The molecule has 0 saturated heterocycles. The second-order valence-electron chi connectivity index (χ2n) is 4.58. The molecule has 2 N–H and O–H groups in total. The molecule has 1 aliphatic rings. The Balaban J connectivity index is 1.70. The minimum absolute atomic E-state index is 0.0183. The van der Waals surface area contributed by atoms with Crippen LogP contribution in [0.5, 0.6) is 5.75 Å². The van der Waals surface area contributed by atoms with E-state index in [1.54, 1.807) is 24.3 Å². The van der Waals surface area contributed by atoms with E-state index < -0.39 is 5.91 Å². The number of amides is 2. The fourth-order valence-electron chi connectivity index (χ4n) is 1.65. The fraction of sp³-hybridized carbons (Fsp3) is 0.385. The molecular weight excluding hydrogens is 268 g/mol. The molecule has 0 unspecified atom stereocenters. The molecular formula is C13H15ClN2O3. The van der Waals surface area contributed by atoms with Gasteiger partial charge in [-0.1, -0.05) is 30.7 Å². The van der Waals surface area contributed by atoms with Crippen molar-refractivity contribution in [2.75, 3.05) is 6.61 Å². The smallest absolute Gasteiger partial charge is 0.276 e. The summed E-state index contributed by atoms with van der Waals surface area (Å²) in [5, 5.41) is 0.436. The Labute approximate surface area is 116 Å². The Hall–Kier alpha value is -1.75. The maximum absolute atomic E-state index is 11.5. The Morgan fingerprint density at radius 3 is 2.68 bits per heavy atom. The maximum atomic E-state index is 11.5. The van der Waals surface area contributed by atoms with Crippen molar-refractivity contribution in [3.05, 3.63) is 29.3 Å². The molecule has 0 heterocycles. The van der Waals surface area contributed by atoms with E-state index in [1.807, 2.05) is 6.92 Å². The lowest BCUT2D eigenvalue weighted by Crippen LogP contribution is -2.44. The first kappa shape index (κ1) is 13.7. The zero-order valence-corrected chi connectivity index (χ0v) is 11.2. The highest BCUT2D eigenvalue weighted by atomic mass is 35.5. The lowest BCUT2D eigenvalue weighted by Gasteiger charge is -2.09. The number of hydrogen-bond acceptors (Lipinski definition) is 3. The van der Waals surface area contributed by atoms with Gasteiger partial charge >= 0.3 is 0 Å². The van der Waals surface area contributed by atoms with E-state index in [-0.39, 0.29) is 18.4 Å². The zero-order chi connectivity index (χ0) is 13.8. The van der Waals surface area contributed by atoms with Gasteiger partial charge in [-0.25, -0.2) is 0 Å². The highest BCUT2D eigenvalue weighted by Gasteiger charge is 2.39. The molecule has 1 fully saturated rings. The number of ether oxygens (including phenoxy) is 1. The molecule has 1 aromatic carbocycles. The van der Waals surface area contributed by atoms with Crippen LogP contribution in [0.3, 0.4) is 0 Å². The number of nitrogens with one attached hydrogen (secondary N) is 2. The summed E-state index contributed by atoms with van der Waals surface area (Å²) in [6.07, 6.45) is 0.873. The number of halogens is 1. The molecule has 0 radical (unpaired) electrons. The van der Waals surface area contributed by atoms with Gasteiger partial charge in [0, 0.05) is 5.92 Å². The summed E-state index contributed by atoms with van der Waals surface area (Å²) in [4.78, 5) is 22.9. The van der Waals surface area contributed by atoms with Gasteiger partial charge in [0.15, 0.2) is 6.61 Å². The number of carbonyl (C=O) groups excluding carboxylic acids is 2. The van der Waals surface area contributed by atoms with E-state index in [0.29, 0.717) is 16.7 Å². The summed E-state index contributed by atoms with van der Waals surface area (Å²) in [5.41, 5.74) is 4.68. The van der Waals surface area contributed by atoms with Crippen molar-refractivity contribution in [1.29, 1.82) is 0 Å². The van der Waals surface area contributed by atoms with Crippen molar-refractivity contribution in [2.45, 2.75) is 13.3 Å². The Morgan fingerprint density at radius 1 is 1.37 bits per heavy atom. The molecule has 1 aliphatic carbocycles. The minimum atomic E-state index is -0.429. The molecule has 2 amide bonds. The van der Waals surface area contributed by atoms with Crippen LogP contribution in [-0.2, 0) is 9.59 Å². The van der Waals surface area contributed by atoms with E-state index in [9.17, 15) is 9.59 Å². The first-order chi connectivity index (χ1) is 9.08. The predicted octanol–water partition coefficient (Wildman–Crippen LogP) is 1.52. The number of para-hydroxylation sites is 1. The van der Waals surface area contributed by atoms with Crippen molar-refractivity contribution >= 4 is 23.4 Å². The van der Waals surface area contributed by atoms with Crippen molar-refractivity contribution in [2.24, 2.45) is 11.8 Å². The monoisotopic (exact) mass is 282 g/mol. The standard InChI is InChI=1S/C13H15ClN2O3/c1-8-6-9(8)13(18)16-15-12(17)7-19-11-5-3-2-4-10(11)14/h2-5,8-9H,6-7H2,1H3,(H,15,17)(H,16,18)/t8-,9-/m0/s1. The molecule has 19 heavy (non-hydrogen) atoms. The molecule has 102 valence electrons. The van der Waals surface area contributed by atoms with E-state index in [0.717, 1.165) is 6.42 Å². The predicted molar refractivity (Wildman–Crippen MR) is 70.5 cm³/mol. The number of hydrogen-bond donors (Lipinski definition) is 2. The molecule has 1 saturated carbocycles. The first-order valence-corrected chi connectivity index (χ1v) is 6.41. The van der Waals surface area contributed by atoms with Gasteiger partial charge in [-0.15, -0.1) is 0 Å². The number of hydrazine groups is 1. The van der Waals surface area contributed by atoms with Gasteiger partial charge < -0.3 is 4.74 Å². The first-order valence-electron chi connectivity index (χ1n) is 6.04. The molecule has 0 aromatic heterocycles. The molecule has 0 bridgehead atoms. The van der Waals surface area contributed by atoms with Crippen molar-refractivity contribution in [1.82, 2.24) is 10.9 Å². The van der Waals surface area contributed by atoms with Gasteiger partial charge in [-0.05, 0) is 24.5 Å². The van der Waals surface area contributed by atoms with Crippen LogP contribution >= 0.6 is 11.6 Å². The van der Waals surface area contributed by atoms with Crippen LogP contribution in [0.2, 0.25) is 5.02 Å². The molecule has 2 rings (SSSR count). The Kier molecular flexibility index (Phi) is 4.27. The van der Waals surface area contributed by atoms with Crippen LogP contribution in [0.4, 0.5) is 0 Å².